The molecule has 0 saturated carbocycles. The predicted molar refractivity (Wildman–Crippen MR) is 205 cm³/mol. The van der Waals surface area contributed by atoms with Crippen LogP contribution in [-0.2, 0) is 0 Å². The number of methoxy groups -OCH3 is 2. The molecule has 8 nitrogen and oxygen atoms in total. The molecular weight excluding hydrogens is 624 g/mol. The van der Waals surface area contributed by atoms with E-state index < -0.39 is 0 Å². The number of ether oxygens (including phenoxy) is 4. The Morgan fingerprint density at radius 1 is 0.400 bits per heavy atom. The first kappa shape index (κ1) is 33.6. The number of rotatable bonds is 15. The van der Waals surface area contributed by atoms with E-state index in [-0.39, 0.29) is 0 Å². The minimum atomic E-state index is 0.308. The van der Waals surface area contributed by atoms with Crippen molar-refractivity contribution in [3.63, 3.8) is 0 Å². The summed E-state index contributed by atoms with van der Waals surface area (Å²) in [4.78, 5) is 0. The standard InChI is InChI=1S/C42H42N4O4/c1-29-11-15-31(16-12-29)43-37-7-5-9-39(41(37)45-33-17-13-30(2)14-18-33)49-27-28-50-40-10-6-8-38(44-32-19-23-35(47-3)24-20-32)42(40)46-34-21-25-36(48-4)26-22-34/h5-26,43-46H,27-28H2,1-4H3. The lowest BCUT2D eigenvalue weighted by molar-refractivity contribution is 0.218. The highest BCUT2D eigenvalue weighted by Gasteiger charge is 2.14. The van der Waals surface area contributed by atoms with Gasteiger partial charge in [0.25, 0.3) is 0 Å². The summed E-state index contributed by atoms with van der Waals surface area (Å²) in [7, 11) is 3.31. The monoisotopic (exact) mass is 666 g/mol. The maximum atomic E-state index is 6.39. The molecule has 0 aromatic heterocycles. The van der Waals surface area contributed by atoms with Crippen molar-refractivity contribution in [2.24, 2.45) is 0 Å². The molecule has 0 radical (unpaired) electrons. The molecule has 0 aliphatic carbocycles. The number of hydrogen-bond donors (Lipinski definition) is 4. The van der Waals surface area contributed by atoms with Gasteiger partial charge in [0.05, 0.1) is 25.6 Å². The minimum absolute atomic E-state index is 0.308. The van der Waals surface area contributed by atoms with Crippen LogP contribution in [-0.4, -0.2) is 27.4 Å². The number of benzene rings is 6. The largest absolute Gasteiger partial charge is 0.497 e. The van der Waals surface area contributed by atoms with Crippen LogP contribution in [0.15, 0.2) is 133 Å². The van der Waals surface area contributed by atoms with Gasteiger partial charge in [-0.3, -0.25) is 0 Å². The normalized spacial score (nSPS) is 10.6. The average molecular weight is 667 g/mol. The van der Waals surface area contributed by atoms with Crippen LogP contribution in [0.4, 0.5) is 45.5 Å². The summed E-state index contributed by atoms with van der Waals surface area (Å²) in [5.74, 6) is 2.95. The van der Waals surface area contributed by atoms with E-state index in [1.54, 1.807) is 14.2 Å². The Kier molecular flexibility index (Phi) is 10.9. The minimum Gasteiger partial charge on any atom is -0.497 e. The van der Waals surface area contributed by atoms with Crippen LogP contribution < -0.4 is 40.2 Å². The fourth-order valence-electron chi connectivity index (χ4n) is 5.29. The highest BCUT2D eigenvalue weighted by molar-refractivity contribution is 5.84. The first-order valence-corrected chi connectivity index (χ1v) is 16.5. The van der Waals surface area contributed by atoms with Gasteiger partial charge in [-0.25, -0.2) is 0 Å². The van der Waals surface area contributed by atoms with Crippen molar-refractivity contribution in [3.05, 3.63) is 145 Å². The zero-order valence-electron chi connectivity index (χ0n) is 28.7. The summed E-state index contributed by atoms with van der Waals surface area (Å²) in [5.41, 5.74) is 9.53. The lowest BCUT2D eigenvalue weighted by Gasteiger charge is -2.20. The Morgan fingerprint density at radius 2 is 0.740 bits per heavy atom. The van der Waals surface area contributed by atoms with E-state index >= 15 is 0 Å². The van der Waals surface area contributed by atoms with Crippen molar-refractivity contribution in [3.8, 4) is 23.0 Å². The van der Waals surface area contributed by atoms with Crippen molar-refractivity contribution in [2.75, 3.05) is 48.7 Å². The molecule has 0 heterocycles. The number of hydrogen-bond acceptors (Lipinski definition) is 8. The number of nitrogens with one attached hydrogen (secondary N) is 4. The molecule has 6 aromatic rings. The van der Waals surface area contributed by atoms with Gasteiger partial charge in [-0.05, 0) is 111 Å². The molecule has 6 aromatic carbocycles. The van der Waals surface area contributed by atoms with Crippen molar-refractivity contribution in [1.82, 2.24) is 0 Å². The van der Waals surface area contributed by atoms with Crippen LogP contribution in [0.5, 0.6) is 23.0 Å². The molecule has 50 heavy (non-hydrogen) atoms. The van der Waals surface area contributed by atoms with Gasteiger partial charge in [0.1, 0.15) is 47.6 Å². The molecule has 8 heteroatoms. The van der Waals surface area contributed by atoms with Gasteiger partial charge in [0, 0.05) is 22.7 Å². The van der Waals surface area contributed by atoms with E-state index in [4.69, 9.17) is 18.9 Å². The van der Waals surface area contributed by atoms with Crippen LogP contribution in [0.2, 0.25) is 0 Å². The highest BCUT2D eigenvalue weighted by Crippen LogP contribution is 2.39. The molecule has 6 rings (SSSR count). The fraction of sp³-hybridized carbons (Fsp3) is 0.143. The van der Waals surface area contributed by atoms with Crippen LogP contribution in [0.25, 0.3) is 0 Å². The van der Waals surface area contributed by atoms with Crippen LogP contribution in [0.3, 0.4) is 0 Å². The first-order valence-electron chi connectivity index (χ1n) is 16.5. The summed E-state index contributed by atoms with van der Waals surface area (Å²) in [6.45, 7) is 4.78. The van der Waals surface area contributed by atoms with Crippen LogP contribution in [0, 0.1) is 13.8 Å². The SMILES string of the molecule is COc1ccc(Nc2cccc(OCCOc3cccc(Nc4ccc(C)cc4)c3Nc3ccc(C)cc3)c2Nc2ccc(OC)cc2)cc1. The maximum absolute atomic E-state index is 6.39. The highest BCUT2D eigenvalue weighted by atomic mass is 16.5. The molecule has 0 atom stereocenters. The summed E-state index contributed by atoms with van der Waals surface area (Å²) in [6.07, 6.45) is 0. The van der Waals surface area contributed by atoms with Crippen LogP contribution in [0.1, 0.15) is 11.1 Å². The summed E-state index contributed by atoms with van der Waals surface area (Å²) in [5, 5.41) is 14.2. The Bertz CT molecular complexity index is 1980. The van der Waals surface area contributed by atoms with E-state index in [9.17, 15) is 0 Å². The predicted octanol–water partition coefficient (Wildman–Crippen LogP) is 10.8. The van der Waals surface area contributed by atoms with Gasteiger partial charge in [-0.15, -0.1) is 0 Å². The van der Waals surface area contributed by atoms with Gasteiger partial charge < -0.3 is 40.2 Å². The third kappa shape index (κ3) is 8.79. The number of aryl methyl sites for hydroxylation is 2. The Hall–Kier alpha value is -6.28. The van der Waals surface area contributed by atoms with Gasteiger partial charge in [0.15, 0.2) is 0 Å². The fourth-order valence-corrected chi connectivity index (χ4v) is 5.29. The molecule has 0 aliphatic rings. The Balaban J connectivity index is 1.21. The molecule has 0 bridgehead atoms. The van der Waals surface area contributed by atoms with Gasteiger partial charge in [-0.1, -0.05) is 47.5 Å². The lowest BCUT2D eigenvalue weighted by atomic mass is 10.2. The quantitative estimate of drug-likeness (QED) is 0.0806. The number of anilines is 8. The van der Waals surface area contributed by atoms with Crippen LogP contribution >= 0.6 is 0 Å². The van der Waals surface area contributed by atoms with Crippen molar-refractivity contribution in [2.45, 2.75) is 13.8 Å². The Labute approximate surface area is 294 Å². The molecule has 254 valence electrons. The Morgan fingerprint density at radius 3 is 1.10 bits per heavy atom. The molecule has 0 saturated heterocycles. The molecule has 0 amide bonds. The first-order chi connectivity index (χ1) is 24.5. The summed E-state index contributed by atoms with van der Waals surface area (Å²) < 4.78 is 23.5. The smallest absolute Gasteiger partial charge is 0.145 e. The maximum Gasteiger partial charge on any atom is 0.145 e. The van der Waals surface area contributed by atoms with Gasteiger partial charge >= 0.3 is 0 Å². The molecule has 0 aliphatic heterocycles. The second-order valence-corrected chi connectivity index (χ2v) is 11.7. The zero-order chi connectivity index (χ0) is 34.7. The third-order valence-corrected chi connectivity index (χ3v) is 8.03. The number of para-hydroxylation sites is 2. The lowest BCUT2D eigenvalue weighted by Crippen LogP contribution is -2.11. The van der Waals surface area contributed by atoms with E-state index in [0.717, 1.165) is 57.0 Å². The third-order valence-electron chi connectivity index (χ3n) is 8.03. The van der Waals surface area contributed by atoms with Crippen molar-refractivity contribution < 1.29 is 18.9 Å². The van der Waals surface area contributed by atoms with Crippen molar-refractivity contribution >= 4 is 45.5 Å². The average Bonchev–Trinajstić information content (AvgIpc) is 3.14. The van der Waals surface area contributed by atoms with Gasteiger partial charge in [0.2, 0.25) is 0 Å². The molecule has 4 N–H and O–H groups in total. The second kappa shape index (κ2) is 16.2. The zero-order valence-corrected chi connectivity index (χ0v) is 28.7. The van der Waals surface area contributed by atoms with E-state index in [1.807, 2.05) is 84.9 Å². The molecular formula is C42H42N4O4. The molecule has 0 spiro atoms. The topological polar surface area (TPSA) is 85.0 Å². The summed E-state index contributed by atoms with van der Waals surface area (Å²) in [6, 6.07) is 44.1. The summed E-state index contributed by atoms with van der Waals surface area (Å²) >= 11 is 0. The van der Waals surface area contributed by atoms with E-state index in [2.05, 4.69) is 83.6 Å². The van der Waals surface area contributed by atoms with Crippen molar-refractivity contribution in [1.29, 1.82) is 0 Å². The van der Waals surface area contributed by atoms with E-state index in [0.29, 0.717) is 24.7 Å². The van der Waals surface area contributed by atoms with Gasteiger partial charge in [-0.2, -0.15) is 0 Å². The second-order valence-electron chi connectivity index (χ2n) is 11.7. The van der Waals surface area contributed by atoms with E-state index in [1.165, 1.54) is 11.1 Å². The molecule has 0 unspecified atom stereocenters. The molecule has 0 fully saturated rings.